The molecule has 6 nitrogen and oxygen atoms in total. The van der Waals surface area contributed by atoms with Gasteiger partial charge in [0.2, 0.25) is 5.91 Å². The summed E-state index contributed by atoms with van der Waals surface area (Å²) >= 11 is 3.24. The summed E-state index contributed by atoms with van der Waals surface area (Å²) in [7, 11) is 1.69. The Morgan fingerprint density at radius 3 is 2.65 bits per heavy atom. The number of carbonyl (C=O) groups excluding carboxylic acids is 1. The third-order valence-corrected chi connectivity index (χ3v) is 2.90. The van der Waals surface area contributed by atoms with Crippen molar-refractivity contribution in [3.05, 3.63) is 32.3 Å². The zero-order chi connectivity index (χ0) is 13.2. The highest BCUT2D eigenvalue weighted by molar-refractivity contribution is 9.10. The van der Waals surface area contributed by atoms with E-state index in [0.717, 1.165) is 0 Å². The molecule has 0 aromatic heterocycles. The second-order valence-electron chi connectivity index (χ2n) is 3.67. The number of nitro groups is 1. The van der Waals surface area contributed by atoms with Crippen molar-refractivity contribution >= 4 is 33.2 Å². The molecule has 0 saturated heterocycles. The number of rotatable bonds is 4. The summed E-state index contributed by atoms with van der Waals surface area (Å²) in [6, 6.07) is 3.06. The highest BCUT2D eigenvalue weighted by Crippen LogP contribution is 2.32. The van der Waals surface area contributed by atoms with Crippen LogP contribution in [-0.2, 0) is 4.79 Å². The van der Waals surface area contributed by atoms with Crippen LogP contribution < -0.4 is 10.6 Å². The molecule has 2 N–H and O–H groups in total. The van der Waals surface area contributed by atoms with Crippen LogP contribution in [-0.4, -0.2) is 24.4 Å². The second kappa shape index (κ2) is 5.13. The van der Waals surface area contributed by atoms with Gasteiger partial charge in [-0.2, -0.15) is 0 Å². The number of carbonyl (C=O) groups is 1. The Balaban J connectivity index is 3.15. The maximum absolute atomic E-state index is 10.8. The first kappa shape index (κ1) is 13.4. The molecule has 0 bridgehead atoms. The Bertz CT molecular complexity index is 476. The van der Waals surface area contributed by atoms with Gasteiger partial charge in [0, 0.05) is 23.2 Å². The van der Waals surface area contributed by atoms with E-state index in [1.165, 1.54) is 6.07 Å². The smallest absolute Gasteiger partial charge is 0.273 e. The third-order valence-electron chi connectivity index (χ3n) is 2.27. The molecular weight excluding hydrogens is 290 g/mol. The second-order valence-corrected chi connectivity index (χ2v) is 4.52. The Hall–Kier alpha value is -1.63. The van der Waals surface area contributed by atoms with Gasteiger partial charge < -0.3 is 10.6 Å². The van der Waals surface area contributed by atoms with Gasteiger partial charge in [0.25, 0.3) is 5.69 Å². The lowest BCUT2D eigenvalue weighted by Crippen LogP contribution is -2.30. The first-order valence-electron chi connectivity index (χ1n) is 4.77. The number of amides is 1. The van der Waals surface area contributed by atoms with Gasteiger partial charge in [-0.1, -0.05) is 0 Å². The largest absolute Gasteiger partial charge is 0.368 e. The summed E-state index contributed by atoms with van der Waals surface area (Å²) in [4.78, 5) is 22.7. The fraction of sp³-hybridized carbons (Fsp3) is 0.300. The van der Waals surface area contributed by atoms with Crippen LogP contribution in [0.4, 0.5) is 11.4 Å². The van der Waals surface area contributed by atoms with E-state index < -0.39 is 10.8 Å². The number of hydrogen-bond donors (Lipinski definition) is 1. The highest BCUT2D eigenvalue weighted by Gasteiger charge is 2.16. The fourth-order valence-electron chi connectivity index (χ4n) is 1.46. The first-order valence-corrected chi connectivity index (χ1v) is 5.56. The molecule has 0 aliphatic rings. The standard InChI is InChI=1S/C10H12BrN3O3/c1-6-3-9(13(2)5-10(12)15)7(11)4-8(6)14(16)17/h3-4H,5H2,1-2H3,(H2,12,15). The minimum absolute atomic E-state index is 0.0353. The van der Waals surface area contributed by atoms with E-state index >= 15 is 0 Å². The topological polar surface area (TPSA) is 89.5 Å². The molecule has 7 heteroatoms. The van der Waals surface area contributed by atoms with Crippen molar-refractivity contribution in [3.8, 4) is 0 Å². The highest BCUT2D eigenvalue weighted by atomic mass is 79.9. The van der Waals surface area contributed by atoms with Crippen LogP contribution >= 0.6 is 15.9 Å². The van der Waals surface area contributed by atoms with Gasteiger partial charge in [0.05, 0.1) is 17.2 Å². The lowest BCUT2D eigenvalue weighted by atomic mass is 10.1. The molecule has 92 valence electrons. The summed E-state index contributed by atoms with van der Waals surface area (Å²) in [6.07, 6.45) is 0. The van der Waals surface area contributed by atoms with E-state index in [-0.39, 0.29) is 12.2 Å². The summed E-state index contributed by atoms with van der Waals surface area (Å²) in [5, 5.41) is 10.7. The third kappa shape index (κ3) is 3.16. The average Bonchev–Trinajstić information content (AvgIpc) is 2.19. The molecule has 0 spiro atoms. The van der Waals surface area contributed by atoms with Crippen LogP contribution in [0.15, 0.2) is 16.6 Å². The molecule has 0 heterocycles. The van der Waals surface area contributed by atoms with E-state index in [4.69, 9.17) is 5.73 Å². The number of hydrogen-bond acceptors (Lipinski definition) is 4. The van der Waals surface area contributed by atoms with Crippen LogP contribution in [0.1, 0.15) is 5.56 Å². The minimum Gasteiger partial charge on any atom is -0.368 e. The molecule has 17 heavy (non-hydrogen) atoms. The number of primary amides is 1. The van der Waals surface area contributed by atoms with Gasteiger partial charge in [-0.05, 0) is 28.9 Å². The number of benzene rings is 1. The van der Waals surface area contributed by atoms with E-state index in [9.17, 15) is 14.9 Å². The molecule has 1 rings (SSSR count). The van der Waals surface area contributed by atoms with Gasteiger partial charge in [-0.15, -0.1) is 0 Å². The number of nitro benzene ring substituents is 1. The SMILES string of the molecule is Cc1cc(N(C)CC(N)=O)c(Br)cc1[N+](=O)[O-]. The normalized spacial score (nSPS) is 10.1. The van der Waals surface area contributed by atoms with Gasteiger partial charge >= 0.3 is 0 Å². The predicted molar refractivity (Wildman–Crippen MR) is 68.0 cm³/mol. The van der Waals surface area contributed by atoms with Crippen molar-refractivity contribution in [3.63, 3.8) is 0 Å². The van der Waals surface area contributed by atoms with Crippen LogP contribution in [0.5, 0.6) is 0 Å². The summed E-state index contributed by atoms with van der Waals surface area (Å²) < 4.78 is 0.554. The van der Waals surface area contributed by atoms with Crippen LogP contribution in [0, 0.1) is 17.0 Å². The molecule has 0 fully saturated rings. The average molecular weight is 302 g/mol. The Morgan fingerprint density at radius 1 is 1.59 bits per heavy atom. The summed E-state index contributed by atoms with van der Waals surface area (Å²) in [5.74, 6) is -0.463. The van der Waals surface area contributed by atoms with Crippen LogP contribution in [0.2, 0.25) is 0 Å². The quantitative estimate of drug-likeness (QED) is 0.675. The molecule has 0 saturated carbocycles. The number of aryl methyl sites for hydroxylation is 1. The number of halogens is 1. The van der Waals surface area contributed by atoms with Crippen molar-refractivity contribution in [1.82, 2.24) is 0 Å². The van der Waals surface area contributed by atoms with Crippen molar-refractivity contribution in [2.24, 2.45) is 5.73 Å². The summed E-state index contributed by atoms with van der Waals surface area (Å²) in [6.45, 7) is 1.70. The van der Waals surface area contributed by atoms with E-state index in [1.807, 2.05) is 0 Å². The van der Waals surface area contributed by atoms with Crippen molar-refractivity contribution in [2.45, 2.75) is 6.92 Å². The maximum Gasteiger partial charge on any atom is 0.273 e. The molecular formula is C10H12BrN3O3. The molecule has 0 atom stereocenters. The maximum atomic E-state index is 10.8. The van der Waals surface area contributed by atoms with Gasteiger partial charge in [0.1, 0.15) is 0 Å². The van der Waals surface area contributed by atoms with Crippen LogP contribution in [0.25, 0.3) is 0 Å². The first-order chi connectivity index (χ1) is 7.82. The molecule has 0 unspecified atom stereocenters. The number of nitrogens with zero attached hydrogens (tertiary/aromatic N) is 2. The van der Waals surface area contributed by atoms with Gasteiger partial charge in [0.15, 0.2) is 0 Å². The zero-order valence-electron chi connectivity index (χ0n) is 9.44. The fourth-order valence-corrected chi connectivity index (χ4v) is 2.10. The van der Waals surface area contributed by atoms with E-state index in [2.05, 4.69) is 15.9 Å². The molecule has 0 radical (unpaired) electrons. The summed E-state index contributed by atoms with van der Waals surface area (Å²) in [5.41, 5.74) is 6.35. The molecule has 0 aliphatic carbocycles. The lowest BCUT2D eigenvalue weighted by molar-refractivity contribution is -0.385. The van der Waals surface area contributed by atoms with Gasteiger partial charge in [-0.25, -0.2) is 0 Å². The van der Waals surface area contributed by atoms with Crippen molar-refractivity contribution < 1.29 is 9.72 Å². The molecule has 1 aromatic rings. The van der Waals surface area contributed by atoms with Crippen molar-refractivity contribution in [1.29, 1.82) is 0 Å². The number of likely N-dealkylation sites (N-methyl/N-ethyl adjacent to an activating group) is 1. The predicted octanol–water partition coefficient (Wildman–Crippen LogP) is 1.59. The van der Waals surface area contributed by atoms with Gasteiger partial charge in [-0.3, -0.25) is 14.9 Å². The zero-order valence-corrected chi connectivity index (χ0v) is 11.0. The van der Waals surface area contributed by atoms with Crippen molar-refractivity contribution in [2.75, 3.05) is 18.5 Å². The van der Waals surface area contributed by atoms with E-state index in [0.29, 0.717) is 15.7 Å². The molecule has 1 aromatic carbocycles. The Morgan fingerprint density at radius 2 is 2.18 bits per heavy atom. The van der Waals surface area contributed by atoms with Crippen LogP contribution in [0.3, 0.4) is 0 Å². The lowest BCUT2D eigenvalue weighted by Gasteiger charge is -2.19. The Labute approximate surface area is 107 Å². The Kier molecular flexibility index (Phi) is 4.06. The van der Waals surface area contributed by atoms with E-state index in [1.54, 1.807) is 24.9 Å². The number of anilines is 1. The molecule has 0 aliphatic heterocycles. The monoisotopic (exact) mass is 301 g/mol. The number of nitrogens with two attached hydrogens (primary N) is 1. The molecule has 1 amide bonds. The minimum atomic E-state index is -0.463.